The molecule has 1 aromatic heterocycles. The standard InChI is InChI=1S/C17H26N2O/c1-3-12(2)19-7-6-16(18-19)11-17(20)10-15-9-13-4-5-14(15)8-13/h6-7,12-15H,3-5,8-11H2,1-2H3. The first kappa shape index (κ1) is 13.8. The van der Waals surface area contributed by atoms with Crippen LogP contribution in [-0.2, 0) is 11.2 Å². The largest absolute Gasteiger partial charge is 0.299 e. The molecular weight excluding hydrogens is 248 g/mol. The van der Waals surface area contributed by atoms with E-state index in [1.54, 1.807) is 0 Å². The topological polar surface area (TPSA) is 34.9 Å². The molecule has 3 nitrogen and oxygen atoms in total. The van der Waals surface area contributed by atoms with Gasteiger partial charge in [0.1, 0.15) is 5.78 Å². The average molecular weight is 274 g/mol. The Balaban J connectivity index is 1.52. The summed E-state index contributed by atoms with van der Waals surface area (Å²) in [5, 5.41) is 4.54. The summed E-state index contributed by atoms with van der Waals surface area (Å²) >= 11 is 0. The van der Waals surface area contributed by atoms with Crippen molar-refractivity contribution in [1.29, 1.82) is 0 Å². The van der Waals surface area contributed by atoms with Crippen molar-refractivity contribution in [3.8, 4) is 0 Å². The third-order valence-electron chi connectivity index (χ3n) is 5.46. The van der Waals surface area contributed by atoms with Gasteiger partial charge in [-0.2, -0.15) is 5.10 Å². The van der Waals surface area contributed by atoms with Gasteiger partial charge >= 0.3 is 0 Å². The normalized spacial score (nSPS) is 29.8. The van der Waals surface area contributed by atoms with Gasteiger partial charge in [-0.25, -0.2) is 0 Å². The van der Waals surface area contributed by atoms with Crippen LogP contribution in [0.15, 0.2) is 12.3 Å². The molecule has 1 aromatic rings. The molecule has 0 aromatic carbocycles. The number of ketones is 1. The van der Waals surface area contributed by atoms with Crippen LogP contribution in [0.5, 0.6) is 0 Å². The predicted molar refractivity (Wildman–Crippen MR) is 79.5 cm³/mol. The molecule has 0 saturated heterocycles. The molecule has 0 spiro atoms. The lowest BCUT2D eigenvalue weighted by Crippen LogP contribution is -2.16. The summed E-state index contributed by atoms with van der Waals surface area (Å²) in [4.78, 5) is 12.2. The second kappa shape index (κ2) is 5.71. The van der Waals surface area contributed by atoms with E-state index in [1.807, 2.05) is 16.9 Å². The molecule has 2 saturated carbocycles. The summed E-state index contributed by atoms with van der Waals surface area (Å²) in [5.74, 6) is 2.85. The number of hydrogen-bond acceptors (Lipinski definition) is 2. The molecule has 0 amide bonds. The molecule has 0 N–H and O–H groups in total. The van der Waals surface area contributed by atoms with Gasteiger partial charge in [0, 0.05) is 18.7 Å². The van der Waals surface area contributed by atoms with E-state index in [0.29, 0.717) is 24.2 Å². The second-order valence-electron chi connectivity index (χ2n) is 6.90. The number of carbonyl (C=O) groups excluding carboxylic acids is 1. The summed E-state index contributed by atoms with van der Waals surface area (Å²) in [6.45, 7) is 4.32. The van der Waals surface area contributed by atoms with E-state index in [2.05, 4.69) is 18.9 Å². The zero-order valence-corrected chi connectivity index (χ0v) is 12.7. The zero-order chi connectivity index (χ0) is 14.1. The van der Waals surface area contributed by atoms with Crippen LogP contribution in [0.1, 0.15) is 64.1 Å². The monoisotopic (exact) mass is 274 g/mol. The SMILES string of the molecule is CCC(C)n1ccc(CC(=O)CC2CC3CCC2C3)n1. The number of aromatic nitrogens is 2. The molecular formula is C17H26N2O. The highest BCUT2D eigenvalue weighted by molar-refractivity contribution is 5.80. The molecule has 2 aliphatic carbocycles. The third kappa shape index (κ3) is 2.82. The minimum atomic E-state index is 0.386. The molecule has 2 aliphatic rings. The Morgan fingerprint density at radius 2 is 2.30 bits per heavy atom. The fraction of sp³-hybridized carbons (Fsp3) is 0.765. The Morgan fingerprint density at radius 1 is 1.45 bits per heavy atom. The minimum Gasteiger partial charge on any atom is -0.299 e. The first-order valence-corrected chi connectivity index (χ1v) is 8.21. The van der Waals surface area contributed by atoms with Gasteiger partial charge in [-0.1, -0.05) is 13.3 Å². The summed E-state index contributed by atoms with van der Waals surface area (Å²) in [5.41, 5.74) is 0.943. The van der Waals surface area contributed by atoms with Gasteiger partial charge in [0.2, 0.25) is 0 Å². The van der Waals surface area contributed by atoms with Gasteiger partial charge in [-0.15, -0.1) is 0 Å². The van der Waals surface area contributed by atoms with E-state index in [0.717, 1.165) is 30.4 Å². The van der Waals surface area contributed by atoms with Gasteiger partial charge in [0.05, 0.1) is 12.1 Å². The number of fused-ring (bicyclic) bond motifs is 2. The molecule has 0 radical (unpaired) electrons. The van der Waals surface area contributed by atoms with E-state index in [9.17, 15) is 4.79 Å². The van der Waals surface area contributed by atoms with Crippen molar-refractivity contribution < 1.29 is 4.79 Å². The third-order valence-corrected chi connectivity index (χ3v) is 5.46. The average Bonchev–Trinajstić information content (AvgIpc) is 3.13. The molecule has 3 rings (SSSR count). The molecule has 2 fully saturated rings. The predicted octanol–water partition coefficient (Wildman–Crippen LogP) is 3.79. The molecule has 1 heterocycles. The van der Waals surface area contributed by atoms with Crippen LogP contribution in [-0.4, -0.2) is 15.6 Å². The molecule has 110 valence electrons. The number of rotatable bonds is 6. The highest BCUT2D eigenvalue weighted by Gasteiger charge is 2.39. The quantitative estimate of drug-likeness (QED) is 0.791. The van der Waals surface area contributed by atoms with Crippen molar-refractivity contribution in [2.75, 3.05) is 0 Å². The van der Waals surface area contributed by atoms with Crippen molar-refractivity contribution in [2.45, 2.75) is 64.8 Å². The highest BCUT2D eigenvalue weighted by atomic mass is 16.1. The first-order valence-electron chi connectivity index (χ1n) is 8.21. The van der Waals surface area contributed by atoms with Crippen LogP contribution in [0.4, 0.5) is 0 Å². The van der Waals surface area contributed by atoms with Crippen molar-refractivity contribution >= 4 is 5.78 Å². The minimum absolute atomic E-state index is 0.386. The molecule has 2 bridgehead atoms. The van der Waals surface area contributed by atoms with Crippen molar-refractivity contribution in [2.24, 2.45) is 17.8 Å². The van der Waals surface area contributed by atoms with E-state index in [1.165, 1.54) is 25.7 Å². The van der Waals surface area contributed by atoms with E-state index < -0.39 is 0 Å². The summed E-state index contributed by atoms with van der Waals surface area (Å²) in [6.07, 6.45) is 9.86. The van der Waals surface area contributed by atoms with E-state index >= 15 is 0 Å². The second-order valence-corrected chi connectivity index (χ2v) is 6.90. The van der Waals surface area contributed by atoms with Crippen molar-refractivity contribution in [3.05, 3.63) is 18.0 Å². The Hall–Kier alpha value is -1.12. The van der Waals surface area contributed by atoms with Gasteiger partial charge in [0.15, 0.2) is 0 Å². The van der Waals surface area contributed by atoms with Gasteiger partial charge in [-0.05, 0) is 56.4 Å². The Bertz CT molecular complexity index is 479. The van der Waals surface area contributed by atoms with Gasteiger partial charge < -0.3 is 0 Å². The van der Waals surface area contributed by atoms with Crippen LogP contribution in [0.3, 0.4) is 0 Å². The molecule has 3 heteroatoms. The summed E-state index contributed by atoms with van der Waals surface area (Å²) in [7, 11) is 0. The van der Waals surface area contributed by atoms with Crippen molar-refractivity contribution in [3.63, 3.8) is 0 Å². The highest BCUT2D eigenvalue weighted by Crippen LogP contribution is 2.49. The maximum Gasteiger partial charge on any atom is 0.139 e. The lowest BCUT2D eigenvalue weighted by molar-refractivity contribution is -0.119. The molecule has 4 unspecified atom stereocenters. The van der Waals surface area contributed by atoms with E-state index in [-0.39, 0.29) is 0 Å². The van der Waals surface area contributed by atoms with Crippen LogP contribution in [0.2, 0.25) is 0 Å². The molecule has 20 heavy (non-hydrogen) atoms. The maximum atomic E-state index is 12.2. The Labute approximate surface area is 121 Å². The number of nitrogens with zero attached hydrogens (tertiary/aromatic N) is 2. The first-order chi connectivity index (χ1) is 9.65. The Morgan fingerprint density at radius 3 is 2.95 bits per heavy atom. The number of hydrogen-bond donors (Lipinski definition) is 0. The van der Waals surface area contributed by atoms with Gasteiger partial charge in [-0.3, -0.25) is 9.48 Å². The van der Waals surface area contributed by atoms with Gasteiger partial charge in [0.25, 0.3) is 0 Å². The zero-order valence-electron chi connectivity index (χ0n) is 12.7. The fourth-order valence-electron chi connectivity index (χ4n) is 4.10. The lowest BCUT2D eigenvalue weighted by atomic mass is 9.84. The van der Waals surface area contributed by atoms with Crippen LogP contribution >= 0.6 is 0 Å². The lowest BCUT2D eigenvalue weighted by Gasteiger charge is -2.20. The fourth-order valence-corrected chi connectivity index (χ4v) is 4.10. The summed E-state index contributed by atoms with van der Waals surface area (Å²) in [6, 6.07) is 2.43. The molecule has 4 atom stereocenters. The number of Topliss-reactive ketones (excluding diaryl/α,β-unsaturated/α-hetero) is 1. The Kier molecular flexibility index (Phi) is 3.95. The van der Waals surface area contributed by atoms with Crippen LogP contribution < -0.4 is 0 Å². The van der Waals surface area contributed by atoms with Crippen molar-refractivity contribution in [1.82, 2.24) is 9.78 Å². The number of carbonyl (C=O) groups is 1. The van der Waals surface area contributed by atoms with E-state index in [4.69, 9.17) is 0 Å². The van der Waals surface area contributed by atoms with Crippen LogP contribution in [0, 0.1) is 17.8 Å². The van der Waals surface area contributed by atoms with Crippen LogP contribution in [0.25, 0.3) is 0 Å². The molecule has 0 aliphatic heterocycles. The summed E-state index contributed by atoms with van der Waals surface area (Å²) < 4.78 is 1.99. The maximum absolute atomic E-state index is 12.2. The smallest absolute Gasteiger partial charge is 0.139 e.